The first-order valence-electron chi connectivity index (χ1n) is 10.7. The molecular formula is C27H24FN5O3S. The predicted octanol–water partition coefficient (Wildman–Crippen LogP) is 6.16. The smallest absolute Gasteiger partial charge is 0.236 e. The Labute approximate surface area is 218 Å². The fourth-order valence-electron chi connectivity index (χ4n) is 3.48. The molecule has 0 radical (unpaired) electrons. The lowest BCUT2D eigenvalue weighted by molar-refractivity contribution is 0.201. The molecule has 10 heteroatoms. The Morgan fingerprint density at radius 3 is 2.59 bits per heavy atom. The monoisotopic (exact) mass is 517 g/mol. The Balaban J connectivity index is 0.00000380. The summed E-state index contributed by atoms with van der Waals surface area (Å²) in [7, 11) is 0. The summed E-state index contributed by atoms with van der Waals surface area (Å²) in [5.74, 6) is 0.944. The van der Waals surface area contributed by atoms with Crippen molar-refractivity contribution in [2.45, 2.75) is 25.1 Å². The maximum absolute atomic E-state index is 13.6. The first kappa shape index (κ1) is 27.2. The van der Waals surface area contributed by atoms with Crippen LogP contribution in [0.4, 0.5) is 15.9 Å². The number of nitrogen functional groups attached to an aromatic ring is 1. The zero-order valence-corrected chi connectivity index (χ0v) is 20.0. The molecule has 188 valence electrons. The van der Waals surface area contributed by atoms with Gasteiger partial charge in [-0.05, 0) is 48.4 Å². The number of nitriles is 1. The van der Waals surface area contributed by atoms with Gasteiger partial charge in [0.15, 0.2) is 0 Å². The second-order valence-electron chi connectivity index (χ2n) is 7.62. The van der Waals surface area contributed by atoms with Crippen LogP contribution in [0, 0.1) is 30.6 Å². The molecule has 2 heterocycles. The standard InChI is InChI=1S/C26H20FN5O3S.CH4/c1-15-11-17(5-8-21(15)27)25-31-18(13-35-25)14-36-26-20(12-28)22(23(30-2)24(29)32-26)16-3-6-19(7-4-16)34-10-9-33;/h3-8,11,13,33H,9-10,14H2,1H3,(H2,29,32);1H4. The predicted molar refractivity (Wildman–Crippen MR) is 141 cm³/mol. The quantitative estimate of drug-likeness (QED) is 0.211. The number of hydrogen-bond acceptors (Lipinski definition) is 8. The molecular weight excluding hydrogens is 493 g/mol. The third-order valence-corrected chi connectivity index (χ3v) is 6.21. The topological polar surface area (TPSA) is 123 Å². The number of benzene rings is 2. The minimum Gasteiger partial charge on any atom is -0.491 e. The first-order chi connectivity index (χ1) is 17.4. The summed E-state index contributed by atoms with van der Waals surface area (Å²) in [4.78, 5) is 12.3. The molecule has 0 aliphatic carbocycles. The van der Waals surface area contributed by atoms with Crippen molar-refractivity contribution < 1.29 is 18.7 Å². The Morgan fingerprint density at radius 2 is 1.95 bits per heavy atom. The van der Waals surface area contributed by atoms with Gasteiger partial charge in [0.1, 0.15) is 41.3 Å². The van der Waals surface area contributed by atoms with Gasteiger partial charge in [0.2, 0.25) is 11.6 Å². The van der Waals surface area contributed by atoms with Crippen molar-refractivity contribution in [2.24, 2.45) is 0 Å². The molecule has 0 aliphatic rings. The fraction of sp³-hybridized carbons (Fsp3) is 0.185. The van der Waals surface area contributed by atoms with Crippen molar-refractivity contribution in [3.63, 3.8) is 0 Å². The van der Waals surface area contributed by atoms with Crippen LogP contribution in [0.3, 0.4) is 0 Å². The number of halogens is 1. The number of aliphatic hydroxyl groups excluding tert-OH is 1. The second kappa shape index (κ2) is 12.0. The van der Waals surface area contributed by atoms with Gasteiger partial charge in [-0.3, -0.25) is 0 Å². The zero-order chi connectivity index (χ0) is 25.7. The number of pyridine rings is 1. The van der Waals surface area contributed by atoms with Crippen LogP contribution in [0.5, 0.6) is 5.75 Å². The van der Waals surface area contributed by atoms with Gasteiger partial charge < -0.3 is 20.0 Å². The molecule has 0 saturated heterocycles. The number of aliphatic hydroxyl groups is 1. The number of nitrogens with two attached hydrogens (primary N) is 1. The zero-order valence-electron chi connectivity index (χ0n) is 19.2. The molecule has 0 amide bonds. The minimum atomic E-state index is -0.306. The molecule has 0 spiro atoms. The summed E-state index contributed by atoms with van der Waals surface area (Å²) in [5, 5.41) is 19.3. The summed E-state index contributed by atoms with van der Waals surface area (Å²) >= 11 is 1.24. The maximum atomic E-state index is 13.6. The summed E-state index contributed by atoms with van der Waals surface area (Å²) < 4.78 is 24.5. The van der Waals surface area contributed by atoms with Gasteiger partial charge in [-0.1, -0.05) is 31.3 Å². The average Bonchev–Trinajstić information content (AvgIpc) is 3.37. The van der Waals surface area contributed by atoms with Crippen LogP contribution in [0.1, 0.15) is 24.2 Å². The molecule has 0 unspecified atom stereocenters. The van der Waals surface area contributed by atoms with Crippen molar-refractivity contribution in [1.82, 2.24) is 9.97 Å². The van der Waals surface area contributed by atoms with E-state index in [9.17, 15) is 9.65 Å². The van der Waals surface area contributed by atoms with E-state index in [1.165, 1.54) is 24.1 Å². The molecule has 4 aromatic rings. The second-order valence-corrected chi connectivity index (χ2v) is 8.58. The van der Waals surface area contributed by atoms with Gasteiger partial charge in [-0.15, -0.1) is 0 Å². The lowest BCUT2D eigenvalue weighted by atomic mass is 10.00. The Morgan fingerprint density at radius 1 is 1.22 bits per heavy atom. The Kier molecular flexibility index (Phi) is 8.86. The van der Waals surface area contributed by atoms with Crippen LogP contribution in [0.15, 0.2) is 58.2 Å². The van der Waals surface area contributed by atoms with Crippen molar-refractivity contribution in [3.05, 3.63) is 82.8 Å². The van der Waals surface area contributed by atoms with E-state index in [0.717, 1.165) is 0 Å². The van der Waals surface area contributed by atoms with Gasteiger partial charge >= 0.3 is 0 Å². The van der Waals surface area contributed by atoms with Crippen molar-refractivity contribution in [1.29, 1.82) is 5.26 Å². The van der Waals surface area contributed by atoms with Crippen molar-refractivity contribution >= 4 is 23.3 Å². The lowest BCUT2D eigenvalue weighted by Crippen LogP contribution is -2.02. The van der Waals surface area contributed by atoms with Gasteiger partial charge in [0.25, 0.3) is 0 Å². The molecule has 2 aromatic heterocycles. The number of ether oxygens (including phenoxy) is 1. The normalized spacial score (nSPS) is 10.3. The van der Waals surface area contributed by atoms with E-state index < -0.39 is 0 Å². The molecule has 8 nitrogen and oxygen atoms in total. The molecule has 0 atom stereocenters. The Hall–Kier alpha value is -4.38. The van der Waals surface area contributed by atoms with Crippen LogP contribution in [-0.2, 0) is 5.75 Å². The van der Waals surface area contributed by atoms with Crippen molar-refractivity contribution in [2.75, 3.05) is 18.9 Å². The molecule has 2 aromatic carbocycles. The van der Waals surface area contributed by atoms with Gasteiger partial charge in [-0.2, -0.15) is 5.26 Å². The van der Waals surface area contributed by atoms with E-state index in [-0.39, 0.29) is 43.5 Å². The molecule has 0 bridgehead atoms. The highest BCUT2D eigenvalue weighted by Gasteiger charge is 2.21. The Bertz CT molecular complexity index is 1490. The summed E-state index contributed by atoms with van der Waals surface area (Å²) in [6, 6.07) is 13.6. The van der Waals surface area contributed by atoms with E-state index >= 15 is 0 Å². The van der Waals surface area contributed by atoms with Crippen LogP contribution >= 0.6 is 11.8 Å². The van der Waals surface area contributed by atoms with E-state index in [1.807, 2.05) is 0 Å². The van der Waals surface area contributed by atoms with Crippen LogP contribution in [0.2, 0.25) is 0 Å². The number of aromatic nitrogens is 2. The van der Waals surface area contributed by atoms with E-state index in [4.69, 9.17) is 26.6 Å². The van der Waals surface area contributed by atoms with E-state index in [1.54, 1.807) is 43.3 Å². The highest BCUT2D eigenvalue weighted by molar-refractivity contribution is 7.98. The van der Waals surface area contributed by atoms with Crippen LogP contribution in [0.25, 0.3) is 27.4 Å². The largest absolute Gasteiger partial charge is 0.491 e. The third kappa shape index (κ3) is 5.89. The summed E-state index contributed by atoms with van der Waals surface area (Å²) in [5.41, 5.74) is 9.16. The maximum Gasteiger partial charge on any atom is 0.236 e. The molecule has 0 fully saturated rings. The minimum absolute atomic E-state index is 0. The lowest BCUT2D eigenvalue weighted by Gasteiger charge is -2.13. The first-order valence-corrected chi connectivity index (χ1v) is 11.7. The number of oxazole rings is 1. The van der Waals surface area contributed by atoms with Crippen molar-refractivity contribution in [3.8, 4) is 34.4 Å². The highest BCUT2D eigenvalue weighted by atomic mass is 32.2. The molecule has 0 aliphatic heterocycles. The molecule has 0 saturated carbocycles. The molecule has 4 rings (SSSR count). The number of hydrogen-bond donors (Lipinski definition) is 2. The van der Waals surface area contributed by atoms with Crippen LogP contribution in [-0.4, -0.2) is 28.3 Å². The van der Waals surface area contributed by atoms with Crippen LogP contribution < -0.4 is 10.5 Å². The molecule has 37 heavy (non-hydrogen) atoms. The number of rotatable bonds is 8. The van der Waals surface area contributed by atoms with Gasteiger partial charge in [0, 0.05) is 16.9 Å². The number of nitrogens with zero attached hydrogens (tertiary/aromatic N) is 4. The van der Waals surface area contributed by atoms with Gasteiger partial charge in [0.05, 0.1) is 24.4 Å². The van der Waals surface area contributed by atoms with Gasteiger partial charge in [-0.25, -0.2) is 19.2 Å². The molecule has 3 N–H and O–H groups in total. The summed E-state index contributed by atoms with van der Waals surface area (Å²) in [6.45, 7) is 9.30. The number of anilines is 1. The third-order valence-electron chi connectivity index (χ3n) is 5.21. The average molecular weight is 518 g/mol. The summed E-state index contributed by atoms with van der Waals surface area (Å²) in [6.07, 6.45) is 1.50. The fourth-order valence-corrected chi connectivity index (χ4v) is 4.35. The highest BCUT2D eigenvalue weighted by Crippen LogP contribution is 2.42. The SMILES string of the molecule is C.[C-]#[N+]c1c(N)nc(SCc2coc(-c3ccc(F)c(C)c3)n2)c(C#N)c1-c1ccc(OCCO)cc1. The number of thioether (sulfide) groups is 1. The van der Waals surface area contributed by atoms with E-state index in [2.05, 4.69) is 20.9 Å². The van der Waals surface area contributed by atoms with E-state index in [0.29, 0.717) is 50.4 Å². The number of aryl methyl sites for hydroxylation is 1.